The number of rotatable bonds is 0. The van der Waals surface area contributed by atoms with Gasteiger partial charge in [-0.15, -0.1) is 0 Å². The second kappa shape index (κ2) is 480. The van der Waals surface area contributed by atoms with E-state index in [1.54, 1.807) is 0 Å². The molecule has 0 rings (SSSR count). The highest BCUT2D eigenvalue weighted by atomic mass is 13.4. The van der Waals surface area contributed by atoms with Crippen LogP contribution in [-0.4, -0.2) is 0 Å². The fraction of sp³-hybridized carbons (Fsp3) is 1.00. The summed E-state index contributed by atoms with van der Waals surface area (Å²) in [6, 6.07) is 0. The van der Waals surface area contributed by atoms with Crippen LogP contribution in [0.5, 0.6) is 0 Å². The minimum Gasteiger partial charge on any atom is -0.0776 e. The maximum atomic E-state index is 2.12. The summed E-state index contributed by atoms with van der Waals surface area (Å²) in [5.41, 5.74) is 0. The minimum absolute atomic E-state index is 0. The van der Waals surface area contributed by atoms with Gasteiger partial charge >= 0.3 is 0 Å². The van der Waals surface area contributed by atoms with Gasteiger partial charge in [-0.05, 0) is 0 Å². The van der Waals surface area contributed by atoms with Crippen LogP contribution in [0.25, 0.3) is 0 Å². The van der Waals surface area contributed by atoms with Crippen molar-refractivity contribution < 1.29 is 0 Å². The molecule has 0 saturated carbocycles. The van der Waals surface area contributed by atoms with Gasteiger partial charge in [0, 0.05) is 0 Å². The molecule has 0 spiro atoms. The first kappa shape index (κ1) is 93.6. The summed E-state index contributed by atoms with van der Waals surface area (Å²) < 4.78 is 0. The van der Waals surface area contributed by atoms with Crippen LogP contribution >= 0.6 is 0 Å². The van der Waals surface area contributed by atoms with Crippen molar-refractivity contribution in [3.63, 3.8) is 0 Å². The van der Waals surface area contributed by atoms with Gasteiger partial charge in [-0.25, -0.2) is 0 Å². The van der Waals surface area contributed by atoms with Crippen molar-refractivity contribution in [3.05, 3.63) is 0 Å². The van der Waals surface area contributed by atoms with E-state index in [0.29, 0.717) is 0 Å². The molecule has 0 saturated heterocycles. The Balaban J connectivity index is -0.00000000998. The lowest BCUT2D eigenvalue weighted by molar-refractivity contribution is 1.09. The molecule has 226 valence electrons. The Morgan fingerprint density at radius 2 is 0.182 bits per heavy atom. The minimum atomic E-state index is 0. The van der Waals surface area contributed by atoms with Gasteiger partial charge in [0.2, 0.25) is 0 Å². The molecule has 0 fully saturated rings. The number of hydrogen-bond acceptors (Lipinski definition) is 0. The van der Waals surface area contributed by atoms with Crippen molar-refractivity contribution in [2.45, 2.75) is 226 Å². The molecular formula is C33H94. The van der Waals surface area contributed by atoms with E-state index in [1.807, 2.05) is 41.5 Å². The van der Waals surface area contributed by atoms with E-state index in [0.717, 1.165) is 0 Å². The first-order valence-corrected chi connectivity index (χ1v) is 14.3. The fourth-order valence-electron chi connectivity index (χ4n) is 0. The lowest BCUT2D eigenvalue weighted by Crippen LogP contribution is -1.27. The van der Waals surface area contributed by atoms with Gasteiger partial charge in [0.1, 0.15) is 0 Å². The van der Waals surface area contributed by atoms with Crippen molar-refractivity contribution in [1.29, 1.82) is 0 Å². The largest absolute Gasteiger partial charge is 0.0776 e. The Bertz CT molecular complexity index is 24.0. The molecule has 0 amide bonds. The van der Waals surface area contributed by atoms with E-state index < -0.39 is 0 Å². The van der Waals surface area contributed by atoms with Gasteiger partial charge in [-0.2, -0.15) is 0 Å². The Kier molecular flexibility index (Phi) is 1360. The molecule has 0 nitrogen and oxygen atoms in total. The highest BCUT2D eigenvalue weighted by Crippen LogP contribution is 1.58. The molecule has 0 aromatic carbocycles. The van der Waals surface area contributed by atoms with Crippen molar-refractivity contribution >= 4 is 0 Å². The lowest BCUT2D eigenvalue weighted by Gasteiger charge is -1.48. The summed E-state index contributed by atoms with van der Waals surface area (Å²) in [4.78, 5) is 0. The average Bonchev–Trinajstić information content (AvgIpc) is 2.71. The maximum absolute atomic E-state index is 2.12. The summed E-state index contributed by atoms with van der Waals surface area (Å²) in [5, 5.41) is 0. The van der Waals surface area contributed by atoms with Crippen LogP contribution in [0, 0.1) is 0 Å². The van der Waals surface area contributed by atoms with Crippen LogP contribution in [0.15, 0.2) is 0 Å². The van der Waals surface area contributed by atoms with E-state index >= 15 is 0 Å². The average molecular weight is 491 g/mol. The van der Waals surface area contributed by atoms with Crippen molar-refractivity contribution in [1.82, 2.24) is 0 Å². The second-order valence-corrected chi connectivity index (χ2v) is 5.66. The Morgan fingerprint density at radius 3 is 0.182 bits per heavy atom. The van der Waals surface area contributed by atoms with Gasteiger partial charge in [0.15, 0.2) is 0 Å². The molecule has 0 heterocycles. The molecule has 0 aliphatic rings. The Hall–Kier alpha value is 0. The molecule has 0 atom stereocenters. The van der Waals surface area contributed by atoms with Gasteiger partial charge in [-0.1, -0.05) is 226 Å². The van der Waals surface area contributed by atoms with Crippen LogP contribution in [0.1, 0.15) is 226 Å². The molecule has 0 aromatic heterocycles. The van der Waals surface area contributed by atoms with Gasteiger partial charge < -0.3 is 0 Å². The topological polar surface area (TPSA) is 0 Å². The van der Waals surface area contributed by atoms with Crippen LogP contribution < -0.4 is 0 Å². The molecule has 0 aromatic rings. The van der Waals surface area contributed by atoms with E-state index in [-0.39, 0.29) is 22.3 Å². The molecule has 0 heteroatoms. The third-order valence-corrected chi connectivity index (χ3v) is 0. The molecule has 0 bridgehead atoms. The summed E-state index contributed by atoms with van der Waals surface area (Å²) in [6.07, 6.45) is 10.0. The van der Waals surface area contributed by atoms with Gasteiger partial charge in [0.25, 0.3) is 0 Å². The van der Waals surface area contributed by atoms with E-state index in [2.05, 4.69) is 111 Å². The van der Waals surface area contributed by atoms with Crippen LogP contribution in [0.4, 0.5) is 0 Å². The maximum Gasteiger partial charge on any atom is -0.0590 e. The summed E-state index contributed by atoms with van der Waals surface area (Å²) in [7, 11) is 0. The van der Waals surface area contributed by atoms with Crippen LogP contribution in [0.2, 0.25) is 0 Å². The third kappa shape index (κ3) is 0. The molecule has 0 N–H and O–H groups in total. The molecule has 0 radical (unpaired) electrons. The van der Waals surface area contributed by atoms with Crippen molar-refractivity contribution in [2.24, 2.45) is 0 Å². The van der Waals surface area contributed by atoms with Gasteiger partial charge in [0.05, 0.1) is 0 Å². The number of hydrogen-bond donors (Lipinski definition) is 0. The highest BCUT2D eigenvalue weighted by Gasteiger charge is 1.37. The van der Waals surface area contributed by atoms with Crippen LogP contribution in [0.3, 0.4) is 0 Å². The summed E-state index contributed by atoms with van der Waals surface area (Å²) in [5.74, 6) is 0. The van der Waals surface area contributed by atoms with Gasteiger partial charge in [-0.3, -0.25) is 0 Å². The summed E-state index contributed by atoms with van der Waals surface area (Å²) >= 11 is 0. The predicted octanol–water partition coefficient (Wildman–Crippen LogP) is 16.3. The Labute approximate surface area is 225 Å². The van der Waals surface area contributed by atoms with Crippen molar-refractivity contribution in [2.75, 3.05) is 0 Å². The molecule has 33 heavy (non-hydrogen) atoms. The normalized spacial score (nSPS) is 4.91. The van der Waals surface area contributed by atoms with E-state index in [9.17, 15) is 0 Å². The SMILES string of the molecule is C.C.C.CC.CC.CC.CCC.CCC.CCC.CCC.CCC.CCC.CCC.CCC. The Morgan fingerprint density at radius 1 is 0.182 bits per heavy atom. The smallest absolute Gasteiger partial charge is 0.0590 e. The third-order valence-electron chi connectivity index (χ3n) is 0. The van der Waals surface area contributed by atoms with Crippen LogP contribution in [-0.2, 0) is 0 Å². The van der Waals surface area contributed by atoms with E-state index in [1.165, 1.54) is 51.4 Å². The molecule has 0 unspecified atom stereocenters. The zero-order valence-electron chi connectivity index (χ0n) is 27.7. The quantitative estimate of drug-likeness (QED) is 0.316. The first-order valence-electron chi connectivity index (χ1n) is 14.3. The standard InChI is InChI=1S/8C3H8.3C2H6.3CH4/c8*1-3-2;3*1-2;;;/h8*3H2,1-2H3;3*1-2H3;3*1H4. The molecular weight excluding hydrogens is 396 g/mol. The molecule has 0 aliphatic heterocycles. The predicted molar refractivity (Wildman–Crippen MR) is 182 cm³/mol. The zero-order valence-corrected chi connectivity index (χ0v) is 27.7. The lowest BCUT2D eigenvalue weighted by atomic mass is 10.6. The monoisotopic (exact) mass is 491 g/mol. The zero-order chi connectivity index (χ0) is 27.7. The second-order valence-electron chi connectivity index (χ2n) is 5.66. The molecule has 0 aliphatic carbocycles. The van der Waals surface area contributed by atoms with Crippen molar-refractivity contribution in [3.8, 4) is 0 Å². The van der Waals surface area contributed by atoms with E-state index in [4.69, 9.17) is 0 Å². The highest BCUT2D eigenvalue weighted by molar-refractivity contribution is 3.94. The summed E-state index contributed by atoms with van der Waals surface area (Å²) in [6.45, 7) is 46.0. The fourth-order valence-corrected chi connectivity index (χ4v) is 0. The first-order chi connectivity index (χ1) is 14.3.